The van der Waals surface area contributed by atoms with Gasteiger partial charge in [-0.25, -0.2) is 0 Å². The lowest BCUT2D eigenvalue weighted by Gasteiger charge is -2.28. The second-order valence-electron chi connectivity index (χ2n) is 4.06. The third-order valence-corrected chi connectivity index (χ3v) is 2.83. The van der Waals surface area contributed by atoms with E-state index in [-0.39, 0.29) is 0 Å². The van der Waals surface area contributed by atoms with E-state index >= 15 is 0 Å². The van der Waals surface area contributed by atoms with Crippen LogP contribution in [0.2, 0.25) is 0 Å². The van der Waals surface area contributed by atoms with Crippen molar-refractivity contribution in [3.8, 4) is 11.8 Å². The van der Waals surface area contributed by atoms with Crippen LogP contribution >= 0.6 is 0 Å². The maximum absolute atomic E-state index is 3.51. The molecule has 0 aliphatic heterocycles. The van der Waals surface area contributed by atoms with Crippen molar-refractivity contribution >= 4 is 0 Å². The third kappa shape index (κ3) is 4.33. The number of nitrogens with one attached hydrogen (secondary N) is 1. The molecule has 1 heteroatoms. The van der Waals surface area contributed by atoms with Gasteiger partial charge in [-0.05, 0) is 26.2 Å². The zero-order chi connectivity index (χ0) is 9.52. The normalized spacial score (nSPS) is 18.6. The molecular weight excluding hydrogens is 158 g/mol. The van der Waals surface area contributed by atoms with Crippen LogP contribution in [-0.2, 0) is 0 Å². The molecule has 0 aromatic rings. The summed E-state index contributed by atoms with van der Waals surface area (Å²) in [5.41, 5.74) is 0. The van der Waals surface area contributed by atoms with Gasteiger partial charge in [0.05, 0.1) is 0 Å². The first-order valence-corrected chi connectivity index (χ1v) is 5.46. The SMILES string of the molecule is CC#CCCNC(C)CC1CCC1. The van der Waals surface area contributed by atoms with Gasteiger partial charge in [0.2, 0.25) is 0 Å². The zero-order valence-corrected chi connectivity index (χ0v) is 8.90. The van der Waals surface area contributed by atoms with Gasteiger partial charge in [0.15, 0.2) is 0 Å². The van der Waals surface area contributed by atoms with Crippen molar-refractivity contribution in [2.75, 3.05) is 6.54 Å². The van der Waals surface area contributed by atoms with Crippen molar-refractivity contribution in [2.45, 2.75) is 52.0 Å². The molecule has 0 heterocycles. The molecule has 0 aromatic carbocycles. The fourth-order valence-corrected chi connectivity index (χ4v) is 1.82. The number of hydrogen-bond donors (Lipinski definition) is 1. The summed E-state index contributed by atoms with van der Waals surface area (Å²) in [7, 11) is 0. The van der Waals surface area contributed by atoms with Gasteiger partial charge in [0, 0.05) is 19.0 Å². The molecule has 0 saturated heterocycles. The smallest absolute Gasteiger partial charge is 0.0214 e. The lowest BCUT2D eigenvalue weighted by Crippen LogP contribution is -2.30. The summed E-state index contributed by atoms with van der Waals surface area (Å²) in [5.74, 6) is 7.00. The monoisotopic (exact) mass is 179 g/mol. The molecule has 1 aliphatic carbocycles. The zero-order valence-electron chi connectivity index (χ0n) is 8.90. The Balaban J connectivity index is 1.95. The average Bonchev–Trinajstić information content (AvgIpc) is 2.06. The molecule has 1 fully saturated rings. The van der Waals surface area contributed by atoms with Gasteiger partial charge in [-0.2, -0.15) is 0 Å². The summed E-state index contributed by atoms with van der Waals surface area (Å²) in [6.07, 6.45) is 6.73. The highest BCUT2D eigenvalue weighted by atomic mass is 14.9. The molecule has 1 atom stereocenters. The van der Waals surface area contributed by atoms with Crippen molar-refractivity contribution in [3.05, 3.63) is 0 Å². The Morgan fingerprint density at radius 3 is 2.77 bits per heavy atom. The van der Waals surface area contributed by atoms with Crippen LogP contribution in [0, 0.1) is 17.8 Å². The van der Waals surface area contributed by atoms with E-state index in [1.54, 1.807) is 0 Å². The Morgan fingerprint density at radius 1 is 1.46 bits per heavy atom. The van der Waals surface area contributed by atoms with Crippen LogP contribution in [0.5, 0.6) is 0 Å². The predicted octanol–water partition coefficient (Wildman–Crippen LogP) is 2.57. The highest BCUT2D eigenvalue weighted by Crippen LogP contribution is 2.30. The van der Waals surface area contributed by atoms with Crippen LogP contribution in [0.3, 0.4) is 0 Å². The molecule has 1 saturated carbocycles. The van der Waals surface area contributed by atoms with Crippen LogP contribution in [0.25, 0.3) is 0 Å². The van der Waals surface area contributed by atoms with E-state index in [1.165, 1.54) is 25.7 Å². The minimum atomic E-state index is 0.684. The molecule has 0 aromatic heterocycles. The van der Waals surface area contributed by atoms with E-state index in [2.05, 4.69) is 24.1 Å². The molecule has 0 radical (unpaired) electrons. The van der Waals surface area contributed by atoms with Crippen LogP contribution in [0.15, 0.2) is 0 Å². The molecule has 1 unspecified atom stereocenters. The van der Waals surface area contributed by atoms with Crippen molar-refractivity contribution in [2.24, 2.45) is 5.92 Å². The number of hydrogen-bond acceptors (Lipinski definition) is 1. The van der Waals surface area contributed by atoms with E-state index in [0.717, 1.165) is 18.9 Å². The van der Waals surface area contributed by atoms with Crippen LogP contribution in [0.1, 0.15) is 46.0 Å². The number of rotatable bonds is 5. The van der Waals surface area contributed by atoms with Gasteiger partial charge in [-0.15, -0.1) is 11.8 Å². The lowest BCUT2D eigenvalue weighted by molar-refractivity contribution is 0.267. The van der Waals surface area contributed by atoms with Gasteiger partial charge < -0.3 is 5.32 Å². The van der Waals surface area contributed by atoms with E-state index in [4.69, 9.17) is 0 Å². The third-order valence-electron chi connectivity index (χ3n) is 2.83. The molecule has 13 heavy (non-hydrogen) atoms. The Labute approximate surface area is 82.3 Å². The second kappa shape index (κ2) is 6.05. The quantitative estimate of drug-likeness (QED) is 0.505. The minimum Gasteiger partial charge on any atom is -0.313 e. The van der Waals surface area contributed by atoms with E-state index in [9.17, 15) is 0 Å². The molecule has 0 bridgehead atoms. The molecule has 74 valence electrons. The Hall–Kier alpha value is -0.480. The van der Waals surface area contributed by atoms with Crippen LogP contribution < -0.4 is 5.32 Å². The maximum atomic E-state index is 3.51. The van der Waals surface area contributed by atoms with E-state index < -0.39 is 0 Å². The molecule has 1 nitrogen and oxygen atoms in total. The Morgan fingerprint density at radius 2 is 2.23 bits per heavy atom. The van der Waals surface area contributed by atoms with Crippen LogP contribution in [0.4, 0.5) is 0 Å². The Kier molecular flexibility index (Phi) is 4.93. The van der Waals surface area contributed by atoms with E-state index in [0.29, 0.717) is 6.04 Å². The van der Waals surface area contributed by atoms with Gasteiger partial charge in [-0.1, -0.05) is 19.3 Å². The maximum Gasteiger partial charge on any atom is 0.0214 e. The molecule has 1 aliphatic rings. The topological polar surface area (TPSA) is 12.0 Å². The fraction of sp³-hybridized carbons (Fsp3) is 0.833. The standard InChI is InChI=1S/C12H21N/c1-3-4-5-9-13-11(2)10-12-7-6-8-12/h11-13H,5-10H2,1-2H3. The summed E-state index contributed by atoms with van der Waals surface area (Å²) in [4.78, 5) is 0. The van der Waals surface area contributed by atoms with Gasteiger partial charge in [0.25, 0.3) is 0 Å². The first kappa shape index (κ1) is 10.6. The van der Waals surface area contributed by atoms with Gasteiger partial charge >= 0.3 is 0 Å². The first-order chi connectivity index (χ1) is 6.33. The second-order valence-corrected chi connectivity index (χ2v) is 4.06. The highest BCUT2D eigenvalue weighted by Gasteiger charge is 2.19. The summed E-state index contributed by atoms with van der Waals surface area (Å²) >= 11 is 0. The molecular formula is C12H21N. The van der Waals surface area contributed by atoms with Gasteiger partial charge in [0.1, 0.15) is 0 Å². The highest BCUT2D eigenvalue weighted by molar-refractivity contribution is 4.95. The van der Waals surface area contributed by atoms with Crippen molar-refractivity contribution < 1.29 is 0 Å². The van der Waals surface area contributed by atoms with Crippen LogP contribution in [-0.4, -0.2) is 12.6 Å². The summed E-state index contributed by atoms with van der Waals surface area (Å²) in [5, 5.41) is 3.51. The Bertz CT molecular complexity index is 183. The lowest BCUT2D eigenvalue weighted by atomic mass is 9.81. The predicted molar refractivity (Wildman–Crippen MR) is 57.5 cm³/mol. The largest absolute Gasteiger partial charge is 0.313 e. The average molecular weight is 179 g/mol. The molecule has 0 amide bonds. The summed E-state index contributed by atoms with van der Waals surface area (Å²) in [6, 6.07) is 0.684. The molecule has 0 spiro atoms. The van der Waals surface area contributed by atoms with Crippen molar-refractivity contribution in [1.82, 2.24) is 5.32 Å². The minimum absolute atomic E-state index is 0.684. The van der Waals surface area contributed by atoms with Crippen molar-refractivity contribution in [1.29, 1.82) is 0 Å². The molecule has 1 rings (SSSR count). The van der Waals surface area contributed by atoms with Crippen molar-refractivity contribution in [3.63, 3.8) is 0 Å². The van der Waals surface area contributed by atoms with E-state index in [1.807, 2.05) is 6.92 Å². The van der Waals surface area contributed by atoms with Gasteiger partial charge in [-0.3, -0.25) is 0 Å². The first-order valence-electron chi connectivity index (χ1n) is 5.46. The summed E-state index contributed by atoms with van der Waals surface area (Å²) in [6.45, 7) is 5.24. The summed E-state index contributed by atoms with van der Waals surface area (Å²) < 4.78 is 0. The molecule has 1 N–H and O–H groups in total. The fourth-order valence-electron chi connectivity index (χ4n) is 1.82.